The maximum absolute atomic E-state index is 13.1. The average molecular weight is 433 g/mol. The standard InChI is InChI=1S/C22H29ClN4O3/c1-3-5-12-19(28)26(4-2)15-20(29)27-13-7-6-11-18(27)22-24-21(25-30-22)16-9-8-10-17(23)14-16/h8-10,14,18H,3-7,11-13,15H2,1-2H3. The smallest absolute Gasteiger partial charge is 0.249 e. The Kier molecular flexibility index (Phi) is 7.85. The second-order valence-corrected chi connectivity index (χ2v) is 8.01. The van der Waals surface area contributed by atoms with Gasteiger partial charge in [0, 0.05) is 30.1 Å². The molecule has 0 radical (unpaired) electrons. The van der Waals surface area contributed by atoms with E-state index in [9.17, 15) is 9.59 Å². The average Bonchev–Trinajstić information content (AvgIpc) is 3.26. The highest BCUT2D eigenvalue weighted by Crippen LogP contribution is 2.31. The summed E-state index contributed by atoms with van der Waals surface area (Å²) in [6.45, 7) is 5.19. The van der Waals surface area contributed by atoms with Gasteiger partial charge in [-0.25, -0.2) is 0 Å². The van der Waals surface area contributed by atoms with E-state index in [0.717, 1.165) is 37.7 Å². The topological polar surface area (TPSA) is 79.5 Å². The SMILES string of the molecule is CCCCC(=O)N(CC)CC(=O)N1CCCCC1c1nc(-c2cccc(Cl)c2)no1. The summed E-state index contributed by atoms with van der Waals surface area (Å²) in [4.78, 5) is 33.4. The Bertz CT molecular complexity index is 870. The first-order chi connectivity index (χ1) is 14.5. The van der Waals surface area contributed by atoms with Crippen molar-refractivity contribution in [2.75, 3.05) is 19.6 Å². The van der Waals surface area contributed by atoms with Gasteiger partial charge in [-0.2, -0.15) is 4.98 Å². The third-order valence-corrected chi connectivity index (χ3v) is 5.67. The highest BCUT2D eigenvalue weighted by molar-refractivity contribution is 6.30. The van der Waals surface area contributed by atoms with Crippen LogP contribution in [0.1, 0.15) is 64.3 Å². The van der Waals surface area contributed by atoms with E-state index < -0.39 is 0 Å². The number of likely N-dealkylation sites (N-methyl/N-ethyl adjacent to an activating group) is 1. The third kappa shape index (κ3) is 5.39. The van der Waals surface area contributed by atoms with Crippen molar-refractivity contribution in [3.8, 4) is 11.4 Å². The van der Waals surface area contributed by atoms with Crippen LogP contribution in [0, 0.1) is 0 Å². The van der Waals surface area contributed by atoms with Crippen LogP contribution in [-0.4, -0.2) is 51.4 Å². The van der Waals surface area contributed by atoms with Crippen LogP contribution in [0.25, 0.3) is 11.4 Å². The van der Waals surface area contributed by atoms with Crippen molar-refractivity contribution in [2.45, 2.75) is 58.4 Å². The first-order valence-corrected chi connectivity index (χ1v) is 11.1. The predicted molar refractivity (Wildman–Crippen MR) is 115 cm³/mol. The molecule has 1 atom stereocenters. The maximum atomic E-state index is 13.1. The van der Waals surface area contributed by atoms with E-state index >= 15 is 0 Å². The summed E-state index contributed by atoms with van der Waals surface area (Å²) in [5.41, 5.74) is 0.768. The summed E-state index contributed by atoms with van der Waals surface area (Å²) in [6.07, 6.45) is 4.94. The second kappa shape index (κ2) is 10.6. The van der Waals surface area contributed by atoms with Gasteiger partial charge in [0.25, 0.3) is 0 Å². The zero-order valence-corrected chi connectivity index (χ0v) is 18.4. The zero-order chi connectivity index (χ0) is 21.5. The van der Waals surface area contributed by atoms with Crippen molar-refractivity contribution < 1.29 is 14.1 Å². The molecule has 0 bridgehead atoms. The molecular weight excluding hydrogens is 404 g/mol. The van der Waals surface area contributed by atoms with Crippen LogP contribution in [-0.2, 0) is 9.59 Å². The summed E-state index contributed by atoms with van der Waals surface area (Å²) in [5, 5.41) is 4.69. The fourth-order valence-electron chi connectivity index (χ4n) is 3.72. The first kappa shape index (κ1) is 22.3. The molecule has 162 valence electrons. The molecule has 3 rings (SSSR count). The van der Waals surface area contributed by atoms with Gasteiger partial charge in [-0.3, -0.25) is 9.59 Å². The Morgan fingerprint density at radius 3 is 2.87 bits per heavy atom. The minimum absolute atomic E-state index is 0.0299. The maximum Gasteiger partial charge on any atom is 0.249 e. The minimum Gasteiger partial charge on any atom is -0.337 e. The molecule has 1 aliphatic heterocycles. The van der Waals surface area contributed by atoms with Gasteiger partial charge < -0.3 is 14.3 Å². The number of hydrogen-bond donors (Lipinski definition) is 0. The van der Waals surface area contributed by atoms with Crippen LogP contribution in [0.3, 0.4) is 0 Å². The van der Waals surface area contributed by atoms with Crippen molar-refractivity contribution in [3.63, 3.8) is 0 Å². The van der Waals surface area contributed by atoms with E-state index in [4.69, 9.17) is 16.1 Å². The summed E-state index contributed by atoms with van der Waals surface area (Å²) < 4.78 is 5.53. The first-order valence-electron chi connectivity index (χ1n) is 10.7. The number of likely N-dealkylation sites (tertiary alicyclic amines) is 1. The second-order valence-electron chi connectivity index (χ2n) is 7.58. The number of carbonyl (C=O) groups is 2. The van der Waals surface area contributed by atoms with Crippen LogP contribution < -0.4 is 0 Å². The summed E-state index contributed by atoms with van der Waals surface area (Å²) >= 11 is 6.06. The molecule has 30 heavy (non-hydrogen) atoms. The lowest BCUT2D eigenvalue weighted by Gasteiger charge is -2.35. The monoisotopic (exact) mass is 432 g/mol. The molecular formula is C22H29ClN4O3. The van der Waals surface area contributed by atoms with Crippen LogP contribution in [0.15, 0.2) is 28.8 Å². The van der Waals surface area contributed by atoms with Crippen molar-refractivity contribution >= 4 is 23.4 Å². The number of rotatable bonds is 8. The number of halogens is 1. The van der Waals surface area contributed by atoms with Crippen molar-refractivity contribution in [2.24, 2.45) is 0 Å². The number of amides is 2. The number of unbranched alkanes of at least 4 members (excludes halogenated alkanes) is 1. The number of piperidine rings is 1. The molecule has 1 unspecified atom stereocenters. The molecule has 2 aromatic rings. The van der Waals surface area contributed by atoms with Gasteiger partial charge >= 0.3 is 0 Å². The molecule has 2 amide bonds. The minimum atomic E-state index is -0.267. The van der Waals surface area contributed by atoms with E-state index in [0.29, 0.717) is 36.2 Å². The van der Waals surface area contributed by atoms with E-state index in [-0.39, 0.29) is 24.4 Å². The summed E-state index contributed by atoms with van der Waals surface area (Å²) in [6, 6.07) is 7.00. The Hall–Kier alpha value is -2.41. The molecule has 0 saturated carbocycles. The highest BCUT2D eigenvalue weighted by atomic mass is 35.5. The Labute approximate surface area is 182 Å². The van der Waals surface area contributed by atoms with E-state index in [1.54, 1.807) is 21.9 Å². The molecule has 1 saturated heterocycles. The van der Waals surface area contributed by atoms with Crippen LogP contribution >= 0.6 is 11.6 Å². The molecule has 1 fully saturated rings. The van der Waals surface area contributed by atoms with Gasteiger partial charge in [0.1, 0.15) is 6.04 Å². The van der Waals surface area contributed by atoms with Crippen molar-refractivity contribution in [1.29, 1.82) is 0 Å². The number of aromatic nitrogens is 2. The van der Waals surface area contributed by atoms with Crippen molar-refractivity contribution in [1.82, 2.24) is 19.9 Å². The van der Waals surface area contributed by atoms with Gasteiger partial charge in [0.15, 0.2) is 0 Å². The highest BCUT2D eigenvalue weighted by Gasteiger charge is 2.33. The fourth-order valence-corrected chi connectivity index (χ4v) is 3.91. The van der Waals surface area contributed by atoms with E-state index in [1.807, 2.05) is 19.1 Å². The van der Waals surface area contributed by atoms with E-state index in [2.05, 4.69) is 17.1 Å². The lowest BCUT2D eigenvalue weighted by Crippen LogP contribution is -2.46. The fraction of sp³-hybridized carbons (Fsp3) is 0.545. The van der Waals surface area contributed by atoms with Crippen LogP contribution in [0.5, 0.6) is 0 Å². The molecule has 1 aliphatic rings. The quantitative estimate of drug-likeness (QED) is 0.614. The Morgan fingerprint density at radius 2 is 2.13 bits per heavy atom. The summed E-state index contributed by atoms with van der Waals surface area (Å²) in [7, 11) is 0. The van der Waals surface area contributed by atoms with Crippen LogP contribution in [0.4, 0.5) is 0 Å². The van der Waals surface area contributed by atoms with Gasteiger partial charge in [-0.1, -0.05) is 42.2 Å². The number of hydrogen-bond acceptors (Lipinski definition) is 5. The molecule has 0 N–H and O–H groups in total. The van der Waals surface area contributed by atoms with Gasteiger partial charge in [0.05, 0.1) is 6.54 Å². The molecule has 1 aromatic carbocycles. The molecule has 0 aliphatic carbocycles. The molecule has 0 spiro atoms. The normalized spacial score (nSPS) is 16.5. The predicted octanol–water partition coefficient (Wildman–Crippen LogP) is 4.48. The lowest BCUT2D eigenvalue weighted by atomic mass is 10.0. The third-order valence-electron chi connectivity index (χ3n) is 5.44. The zero-order valence-electron chi connectivity index (χ0n) is 17.6. The van der Waals surface area contributed by atoms with E-state index in [1.165, 1.54) is 0 Å². The van der Waals surface area contributed by atoms with Gasteiger partial charge in [-0.05, 0) is 44.7 Å². The Balaban J connectivity index is 1.73. The van der Waals surface area contributed by atoms with Crippen molar-refractivity contribution in [3.05, 3.63) is 35.2 Å². The van der Waals surface area contributed by atoms with Gasteiger partial charge in [-0.15, -0.1) is 0 Å². The molecule has 2 heterocycles. The Morgan fingerprint density at radius 1 is 1.30 bits per heavy atom. The lowest BCUT2D eigenvalue weighted by molar-refractivity contribution is -0.143. The molecule has 7 nitrogen and oxygen atoms in total. The molecule has 1 aromatic heterocycles. The van der Waals surface area contributed by atoms with Gasteiger partial charge in [0.2, 0.25) is 23.5 Å². The number of benzene rings is 1. The molecule has 8 heteroatoms. The van der Waals surface area contributed by atoms with Crippen LogP contribution in [0.2, 0.25) is 5.02 Å². The summed E-state index contributed by atoms with van der Waals surface area (Å²) in [5.74, 6) is 0.838. The number of nitrogens with zero attached hydrogens (tertiary/aromatic N) is 4. The largest absolute Gasteiger partial charge is 0.337 e. The number of carbonyl (C=O) groups excluding carboxylic acids is 2.